The van der Waals surface area contributed by atoms with Crippen molar-refractivity contribution in [2.45, 2.75) is 57.3 Å². The normalized spacial score (nSPS) is 26.7. The zero-order valence-corrected chi connectivity index (χ0v) is 20.2. The fourth-order valence-corrected chi connectivity index (χ4v) is 5.65. The van der Waals surface area contributed by atoms with Crippen LogP contribution in [0.1, 0.15) is 62.5 Å². The van der Waals surface area contributed by atoms with E-state index in [9.17, 15) is 0 Å². The van der Waals surface area contributed by atoms with Crippen LogP contribution in [0.25, 0.3) is 5.57 Å². The molecule has 0 bridgehead atoms. The van der Waals surface area contributed by atoms with Crippen LogP contribution in [-0.2, 0) is 4.74 Å². The molecule has 168 valence electrons. The maximum atomic E-state index is 5.97. The number of pyridine rings is 1. The predicted molar refractivity (Wildman–Crippen MR) is 134 cm³/mol. The van der Waals surface area contributed by atoms with E-state index in [0.717, 1.165) is 36.8 Å². The molecule has 0 radical (unpaired) electrons. The molecule has 3 aliphatic heterocycles. The van der Waals surface area contributed by atoms with Gasteiger partial charge in [0.15, 0.2) is 5.11 Å². The van der Waals surface area contributed by atoms with Gasteiger partial charge in [0.05, 0.1) is 29.4 Å². The smallest absolute Gasteiger partial charge is 0.170 e. The summed E-state index contributed by atoms with van der Waals surface area (Å²) in [6.07, 6.45) is 6.66. The number of thiocarbonyl (C=S) groups is 1. The Kier molecular flexibility index (Phi) is 5.46. The van der Waals surface area contributed by atoms with Crippen LogP contribution in [-0.4, -0.2) is 46.8 Å². The Morgan fingerprint density at radius 3 is 2.81 bits per heavy atom. The molecule has 2 saturated heterocycles. The van der Waals surface area contributed by atoms with E-state index in [1.54, 1.807) is 0 Å². The number of aromatic nitrogens is 1. The number of nitrogens with zero attached hydrogens (tertiary/aromatic N) is 3. The Morgan fingerprint density at radius 2 is 2.09 bits per heavy atom. The van der Waals surface area contributed by atoms with Crippen molar-refractivity contribution in [3.8, 4) is 0 Å². The Balaban J connectivity index is 1.57. The number of allylic oxidation sites excluding steroid dienone is 1. The average Bonchev–Trinajstić information content (AvgIpc) is 3.41. The lowest BCUT2D eigenvalue weighted by Gasteiger charge is -2.41. The van der Waals surface area contributed by atoms with Crippen LogP contribution in [0, 0.1) is 0 Å². The summed E-state index contributed by atoms with van der Waals surface area (Å²) in [4.78, 5) is 9.35. The first-order chi connectivity index (χ1) is 15.3. The highest BCUT2D eigenvalue weighted by molar-refractivity contribution is 7.80. The van der Waals surface area contributed by atoms with Gasteiger partial charge in [0.1, 0.15) is 0 Å². The zero-order chi connectivity index (χ0) is 22.5. The molecular weight excluding hydrogens is 416 g/mol. The lowest BCUT2D eigenvalue weighted by atomic mass is 9.86. The number of anilines is 1. The third-order valence-corrected chi connectivity index (χ3v) is 7.56. The molecule has 4 heterocycles. The van der Waals surface area contributed by atoms with Crippen molar-refractivity contribution in [1.29, 1.82) is 0 Å². The summed E-state index contributed by atoms with van der Waals surface area (Å²) in [7, 11) is 2.17. The second-order valence-corrected chi connectivity index (χ2v) is 10.1. The van der Waals surface area contributed by atoms with E-state index >= 15 is 0 Å². The molecule has 5 rings (SSSR count). The quantitative estimate of drug-likeness (QED) is 0.674. The average molecular weight is 449 g/mol. The molecule has 5 nitrogen and oxygen atoms in total. The SMILES string of the molecule is CC1=CC(C)(C)N(C)c2ccc([C@@H]3[C@H](c4ccccn4)NC(=S)N3C[C@@H]3CCCO3)cc21. The van der Waals surface area contributed by atoms with E-state index in [-0.39, 0.29) is 23.7 Å². The maximum Gasteiger partial charge on any atom is 0.170 e. The molecule has 6 heteroatoms. The van der Waals surface area contributed by atoms with Gasteiger partial charge in [-0.2, -0.15) is 0 Å². The highest BCUT2D eigenvalue weighted by Gasteiger charge is 2.41. The van der Waals surface area contributed by atoms with Crippen LogP contribution in [0.2, 0.25) is 0 Å². The van der Waals surface area contributed by atoms with E-state index in [1.807, 2.05) is 18.3 Å². The van der Waals surface area contributed by atoms with E-state index in [4.69, 9.17) is 17.0 Å². The molecule has 1 N–H and O–H groups in total. The second kappa shape index (κ2) is 8.16. The van der Waals surface area contributed by atoms with Crippen LogP contribution >= 0.6 is 12.2 Å². The molecule has 0 unspecified atom stereocenters. The summed E-state index contributed by atoms with van der Waals surface area (Å²) in [5.41, 5.74) is 6.14. The summed E-state index contributed by atoms with van der Waals surface area (Å²) in [5, 5.41) is 4.35. The summed E-state index contributed by atoms with van der Waals surface area (Å²) in [6.45, 7) is 8.38. The summed E-state index contributed by atoms with van der Waals surface area (Å²) < 4.78 is 5.97. The number of hydrogen-bond donors (Lipinski definition) is 1. The topological polar surface area (TPSA) is 40.6 Å². The molecule has 0 saturated carbocycles. The minimum absolute atomic E-state index is 0.00256. The molecule has 3 atom stereocenters. The van der Waals surface area contributed by atoms with Crippen molar-refractivity contribution in [3.63, 3.8) is 0 Å². The third-order valence-electron chi connectivity index (χ3n) is 7.20. The van der Waals surface area contributed by atoms with Crippen LogP contribution < -0.4 is 10.2 Å². The number of benzene rings is 1. The van der Waals surface area contributed by atoms with Gasteiger partial charge in [-0.3, -0.25) is 4.98 Å². The molecule has 2 aromatic rings. The van der Waals surface area contributed by atoms with Gasteiger partial charge in [0.2, 0.25) is 0 Å². The molecule has 0 amide bonds. The van der Waals surface area contributed by atoms with E-state index in [2.05, 4.69) is 78.3 Å². The van der Waals surface area contributed by atoms with Crippen molar-refractivity contribution in [3.05, 3.63) is 65.5 Å². The summed E-state index contributed by atoms with van der Waals surface area (Å²) in [5.74, 6) is 0. The number of rotatable bonds is 4. The summed E-state index contributed by atoms with van der Waals surface area (Å²) >= 11 is 5.83. The molecule has 1 aromatic carbocycles. The van der Waals surface area contributed by atoms with Crippen LogP contribution in [0.3, 0.4) is 0 Å². The number of ether oxygens (including phenoxy) is 1. The Bertz CT molecular complexity index is 1050. The third kappa shape index (κ3) is 3.69. The van der Waals surface area contributed by atoms with Gasteiger partial charge >= 0.3 is 0 Å². The number of fused-ring (bicyclic) bond motifs is 1. The first-order valence-corrected chi connectivity index (χ1v) is 11.9. The zero-order valence-electron chi connectivity index (χ0n) is 19.3. The van der Waals surface area contributed by atoms with Crippen LogP contribution in [0.15, 0.2) is 48.7 Å². The first kappa shape index (κ1) is 21.4. The van der Waals surface area contributed by atoms with Crippen LogP contribution in [0.5, 0.6) is 0 Å². The Labute approximate surface area is 196 Å². The first-order valence-electron chi connectivity index (χ1n) is 11.5. The highest BCUT2D eigenvalue weighted by atomic mass is 32.1. The Morgan fingerprint density at radius 1 is 1.25 bits per heavy atom. The van der Waals surface area contributed by atoms with Crippen molar-refractivity contribution in [2.24, 2.45) is 0 Å². The van der Waals surface area contributed by atoms with Gasteiger partial charge in [-0.15, -0.1) is 0 Å². The van der Waals surface area contributed by atoms with Gasteiger partial charge < -0.3 is 19.9 Å². The van der Waals surface area contributed by atoms with Crippen molar-refractivity contribution in [1.82, 2.24) is 15.2 Å². The lowest BCUT2D eigenvalue weighted by molar-refractivity contribution is 0.0842. The minimum atomic E-state index is -0.00256. The monoisotopic (exact) mass is 448 g/mol. The van der Waals surface area contributed by atoms with Crippen molar-refractivity contribution in [2.75, 3.05) is 25.1 Å². The van der Waals surface area contributed by atoms with Gasteiger partial charge in [-0.25, -0.2) is 0 Å². The van der Waals surface area contributed by atoms with E-state index in [1.165, 1.54) is 22.4 Å². The number of hydrogen-bond acceptors (Lipinski definition) is 4. The predicted octanol–water partition coefficient (Wildman–Crippen LogP) is 4.86. The number of likely N-dealkylation sites (N-methyl/N-ethyl adjacent to an activating group) is 1. The Hall–Kier alpha value is -2.44. The van der Waals surface area contributed by atoms with E-state index < -0.39 is 0 Å². The molecule has 0 spiro atoms. The van der Waals surface area contributed by atoms with Gasteiger partial charge in [-0.05, 0) is 81.2 Å². The minimum Gasteiger partial charge on any atom is -0.376 e. The fraction of sp³-hybridized carbons (Fsp3) is 0.462. The van der Waals surface area contributed by atoms with Crippen LogP contribution in [0.4, 0.5) is 5.69 Å². The van der Waals surface area contributed by atoms with Crippen molar-refractivity contribution >= 4 is 28.6 Å². The second-order valence-electron chi connectivity index (χ2n) is 9.73. The highest BCUT2D eigenvalue weighted by Crippen LogP contribution is 2.43. The standard InChI is InChI=1S/C26H32N4OS/c1-17-15-26(2,3)29(4)22-11-10-18(14-20(17)22)24-23(21-9-5-6-12-27-21)28-25(32)30(24)16-19-8-7-13-31-19/h5-6,9-12,14-15,19,23-24H,7-8,13,16H2,1-4H3,(H,28,32)/t19-,23-,24+/m0/s1. The molecular formula is C26H32N4OS. The van der Waals surface area contributed by atoms with E-state index in [0.29, 0.717) is 0 Å². The molecule has 32 heavy (non-hydrogen) atoms. The fourth-order valence-electron chi connectivity index (χ4n) is 5.33. The van der Waals surface area contributed by atoms with Gasteiger partial charge in [0.25, 0.3) is 0 Å². The molecule has 3 aliphatic rings. The van der Waals surface area contributed by atoms with Gasteiger partial charge in [-0.1, -0.05) is 18.2 Å². The maximum absolute atomic E-state index is 5.97. The largest absolute Gasteiger partial charge is 0.376 e. The summed E-state index contributed by atoms with van der Waals surface area (Å²) in [6, 6.07) is 13.1. The lowest BCUT2D eigenvalue weighted by Crippen LogP contribution is -2.42. The number of nitrogens with one attached hydrogen (secondary N) is 1. The molecule has 2 fully saturated rings. The van der Waals surface area contributed by atoms with Crippen molar-refractivity contribution < 1.29 is 4.74 Å². The van der Waals surface area contributed by atoms with Gasteiger partial charge in [0, 0.05) is 37.6 Å². The molecule has 1 aromatic heterocycles. The molecule has 0 aliphatic carbocycles.